The van der Waals surface area contributed by atoms with Gasteiger partial charge in [-0.25, -0.2) is 4.39 Å². The molecule has 6 heteroatoms. The van der Waals surface area contributed by atoms with E-state index in [0.717, 1.165) is 0 Å². The standard InChI is InChI=1S/C9H8BrFN2O2/c10-6-2-1-5-8(7(6)11)13(3-4-14)12-9(5)15/h1-2,14H,3-4H2,(H,12,15). The maximum atomic E-state index is 13.7. The van der Waals surface area contributed by atoms with E-state index in [9.17, 15) is 9.18 Å². The molecule has 0 aliphatic carbocycles. The molecule has 1 aromatic carbocycles. The monoisotopic (exact) mass is 274 g/mol. The number of nitrogens with zero attached hydrogens (tertiary/aromatic N) is 1. The molecule has 0 aliphatic heterocycles. The quantitative estimate of drug-likeness (QED) is 0.865. The number of fused-ring (bicyclic) bond motifs is 1. The van der Waals surface area contributed by atoms with Crippen LogP contribution in [0.5, 0.6) is 0 Å². The number of nitrogens with one attached hydrogen (secondary N) is 1. The van der Waals surface area contributed by atoms with E-state index >= 15 is 0 Å². The molecule has 0 radical (unpaired) electrons. The first-order chi connectivity index (χ1) is 7.15. The third-order valence-electron chi connectivity index (χ3n) is 2.14. The normalized spacial score (nSPS) is 11.1. The molecule has 0 unspecified atom stereocenters. The van der Waals surface area contributed by atoms with Crippen LogP contribution in [0.2, 0.25) is 0 Å². The average molecular weight is 275 g/mol. The maximum absolute atomic E-state index is 13.7. The molecule has 0 spiro atoms. The summed E-state index contributed by atoms with van der Waals surface area (Å²) in [5.41, 5.74) is -0.173. The summed E-state index contributed by atoms with van der Waals surface area (Å²) in [5, 5.41) is 11.5. The third-order valence-corrected chi connectivity index (χ3v) is 2.76. The smallest absolute Gasteiger partial charge is 0.272 e. The van der Waals surface area contributed by atoms with E-state index in [1.54, 1.807) is 0 Å². The molecule has 0 aliphatic rings. The topological polar surface area (TPSA) is 58.0 Å². The Labute approximate surface area is 92.4 Å². The van der Waals surface area contributed by atoms with Crippen LogP contribution in [0.25, 0.3) is 10.9 Å². The van der Waals surface area contributed by atoms with Crippen molar-refractivity contribution < 1.29 is 9.50 Å². The lowest BCUT2D eigenvalue weighted by atomic mass is 10.2. The molecule has 0 fully saturated rings. The number of halogens is 2. The van der Waals surface area contributed by atoms with Crippen molar-refractivity contribution in [2.75, 3.05) is 6.61 Å². The van der Waals surface area contributed by atoms with Crippen molar-refractivity contribution in [1.82, 2.24) is 9.78 Å². The number of aliphatic hydroxyl groups is 1. The Balaban J connectivity index is 2.83. The highest BCUT2D eigenvalue weighted by Crippen LogP contribution is 2.22. The number of hydrogen-bond donors (Lipinski definition) is 2. The number of benzene rings is 1. The second-order valence-corrected chi connectivity index (χ2v) is 3.93. The first kappa shape index (κ1) is 10.4. The maximum Gasteiger partial charge on any atom is 0.272 e. The fourth-order valence-corrected chi connectivity index (χ4v) is 1.81. The van der Waals surface area contributed by atoms with Crippen LogP contribution in [-0.2, 0) is 6.54 Å². The van der Waals surface area contributed by atoms with E-state index in [-0.39, 0.29) is 29.6 Å². The van der Waals surface area contributed by atoms with Crippen LogP contribution in [0.15, 0.2) is 21.4 Å². The van der Waals surface area contributed by atoms with Crippen molar-refractivity contribution >= 4 is 26.8 Å². The summed E-state index contributed by atoms with van der Waals surface area (Å²) >= 11 is 3.04. The van der Waals surface area contributed by atoms with Crippen molar-refractivity contribution in [3.05, 3.63) is 32.8 Å². The molecule has 0 amide bonds. The van der Waals surface area contributed by atoms with Gasteiger partial charge >= 0.3 is 0 Å². The average Bonchev–Trinajstić information content (AvgIpc) is 2.51. The number of aromatic amines is 1. The number of aromatic nitrogens is 2. The molecule has 2 N–H and O–H groups in total. The molecule has 2 aromatic rings. The van der Waals surface area contributed by atoms with Crippen LogP contribution >= 0.6 is 15.9 Å². The van der Waals surface area contributed by atoms with Gasteiger partial charge in [0, 0.05) is 0 Å². The van der Waals surface area contributed by atoms with Crippen LogP contribution in [-0.4, -0.2) is 21.5 Å². The predicted molar refractivity (Wildman–Crippen MR) is 57.3 cm³/mol. The molecular weight excluding hydrogens is 267 g/mol. The minimum absolute atomic E-state index is 0.159. The molecule has 15 heavy (non-hydrogen) atoms. The van der Waals surface area contributed by atoms with Crippen molar-refractivity contribution in [2.24, 2.45) is 0 Å². The van der Waals surface area contributed by atoms with Gasteiger partial charge in [-0.1, -0.05) is 0 Å². The Bertz CT molecular complexity index is 561. The van der Waals surface area contributed by atoms with Crippen molar-refractivity contribution in [1.29, 1.82) is 0 Å². The molecule has 0 saturated heterocycles. The second kappa shape index (κ2) is 3.79. The number of rotatable bonds is 2. The molecule has 2 rings (SSSR count). The Morgan fingerprint density at radius 1 is 1.53 bits per heavy atom. The van der Waals surface area contributed by atoms with E-state index in [4.69, 9.17) is 5.11 Å². The molecule has 0 atom stereocenters. The highest BCUT2D eigenvalue weighted by Gasteiger charge is 2.13. The van der Waals surface area contributed by atoms with Gasteiger partial charge in [-0.3, -0.25) is 14.6 Å². The summed E-state index contributed by atoms with van der Waals surface area (Å²) in [6.45, 7) is -0.00220. The Kier molecular flexibility index (Phi) is 2.62. The summed E-state index contributed by atoms with van der Waals surface area (Å²) in [5.74, 6) is -0.501. The summed E-state index contributed by atoms with van der Waals surface area (Å²) in [4.78, 5) is 11.4. The van der Waals surface area contributed by atoms with E-state index in [1.807, 2.05) is 0 Å². The van der Waals surface area contributed by atoms with Gasteiger partial charge in [0.05, 0.1) is 23.0 Å². The molecule has 0 bridgehead atoms. The largest absolute Gasteiger partial charge is 0.394 e. The van der Waals surface area contributed by atoms with Gasteiger partial charge in [0.1, 0.15) is 5.52 Å². The van der Waals surface area contributed by atoms with Crippen LogP contribution in [0, 0.1) is 5.82 Å². The summed E-state index contributed by atoms with van der Waals surface area (Å²) in [7, 11) is 0. The lowest BCUT2D eigenvalue weighted by Crippen LogP contribution is -2.08. The van der Waals surface area contributed by atoms with E-state index in [0.29, 0.717) is 4.47 Å². The minimum Gasteiger partial charge on any atom is -0.394 e. The van der Waals surface area contributed by atoms with Crippen molar-refractivity contribution in [3.8, 4) is 0 Å². The zero-order chi connectivity index (χ0) is 11.0. The van der Waals surface area contributed by atoms with Gasteiger partial charge in [-0.2, -0.15) is 0 Å². The number of H-pyrrole nitrogens is 1. The summed E-state index contributed by atoms with van der Waals surface area (Å²) in [6, 6.07) is 3.02. The third kappa shape index (κ3) is 1.59. The van der Waals surface area contributed by atoms with Crippen LogP contribution in [0.3, 0.4) is 0 Å². The highest BCUT2D eigenvalue weighted by atomic mass is 79.9. The molecule has 1 heterocycles. The Hall–Kier alpha value is -1.14. The van der Waals surface area contributed by atoms with Crippen molar-refractivity contribution in [3.63, 3.8) is 0 Å². The van der Waals surface area contributed by atoms with Crippen LogP contribution < -0.4 is 5.56 Å². The number of aliphatic hydroxyl groups excluding tert-OH is 1. The second-order valence-electron chi connectivity index (χ2n) is 3.07. The molecule has 1 aromatic heterocycles. The van der Waals surface area contributed by atoms with Gasteiger partial charge in [0.15, 0.2) is 5.82 Å². The first-order valence-electron chi connectivity index (χ1n) is 4.32. The zero-order valence-electron chi connectivity index (χ0n) is 7.63. The van der Waals surface area contributed by atoms with Crippen LogP contribution in [0.4, 0.5) is 4.39 Å². The van der Waals surface area contributed by atoms with E-state index < -0.39 is 5.82 Å². The molecule has 80 valence electrons. The lowest BCUT2D eigenvalue weighted by Gasteiger charge is -2.02. The fraction of sp³-hybridized carbons (Fsp3) is 0.222. The first-order valence-corrected chi connectivity index (χ1v) is 5.12. The van der Waals surface area contributed by atoms with Gasteiger partial charge in [0.25, 0.3) is 5.56 Å². The van der Waals surface area contributed by atoms with Crippen LogP contribution in [0.1, 0.15) is 0 Å². The van der Waals surface area contributed by atoms with Gasteiger partial charge in [-0.05, 0) is 28.1 Å². The fourth-order valence-electron chi connectivity index (χ4n) is 1.49. The summed E-state index contributed by atoms with van der Waals surface area (Å²) < 4.78 is 15.3. The Morgan fingerprint density at radius 3 is 2.93 bits per heavy atom. The van der Waals surface area contributed by atoms with Gasteiger partial charge in [0.2, 0.25) is 0 Å². The highest BCUT2D eigenvalue weighted by molar-refractivity contribution is 9.10. The van der Waals surface area contributed by atoms with E-state index in [2.05, 4.69) is 21.0 Å². The molecular formula is C9H8BrFN2O2. The minimum atomic E-state index is -0.501. The molecule has 4 nitrogen and oxygen atoms in total. The predicted octanol–water partition coefficient (Wildman–Crippen LogP) is 1.22. The molecule has 0 saturated carbocycles. The lowest BCUT2D eigenvalue weighted by molar-refractivity contribution is 0.271. The SMILES string of the molecule is O=c1[nH]n(CCO)c2c(F)c(Br)ccc12. The van der Waals surface area contributed by atoms with Gasteiger partial charge in [-0.15, -0.1) is 0 Å². The van der Waals surface area contributed by atoms with Crippen molar-refractivity contribution in [2.45, 2.75) is 6.54 Å². The Morgan fingerprint density at radius 2 is 2.27 bits per heavy atom. The van der Waals surface area contributed by atoms with E-state index in [1.165, 1.54) is 16.8 Å². The zero-order valence-corrected chi connectivity index (χ0v) is 9.21. The number of hydrogen-bond acceptors (Lipinski definition) is 2. The van der Waals surface area contributed by atoms with Gasteiger partial charge < -0.3 is 5.11 Å². The summed E-state index contributed by atoms with van der Waals surface area (Å²) in [6.07, 6.45) is 0.